The summed E-state index contributed by atoms with van der Waals surface area (Å²) < 4.78 is 0.925. The summed E-state index contributed by atoms with van der Waals surface area (Å²) in [5.74, 6) is 0. The molecule has 2 aromatic carbocycles. The summed E-state index contributed by atoms with van der Waals surface area (Å²) >= 11 is 13.3. The minimum atomic E-state index is 0.175. The van der Waals surface area contributed by atoms with Crippen molar-refractivity contribution in [1.82, 2.24) is 0 Å². The van der Waals surface area contributed by atoms with Crippen LogP contribution < -0.4 is 0 Å². The van der Waals surface area contributed by atoms with Crippen LogP contribution in [-0.2, 0) is 6.42 Å². The summed E-state index contributed by atoms with van der Waals surface area (Å²) in [6.07, 6.45) is 1.07. The van der Waals surface area contributed by atoms with Crippen molar-refractivity contribution in [3.63, 3.8) is 0 Å². The monoisotopic (exact) mass is 386 g/mol. The molecule has 0 aromatic heterocycles. The first kappa shape index (κ1) is 14.1. The van der Waals surface area contributed by atoms with E-state index in [1.165, 1.54) is 11.1 Å². The van der Waals surface area contributed by atoms with Crippen LogP contribution in [0.15, 0.2) is 46.9 Å². The molecule has 0 bridgehead atoms. The van der Waals surface area contributed by atoms with E-state index in [1.54, 1.807) is 0 Å². The maximum absolute atomic E-state index is 6.13. The lowest BCUT2D eigenvalue weighted by molar-refractivity contribution is 1.11. The van der Waals surface area contributed by atoms with Crippen molar-refractivity contribution in [2.24, 2.45) is 0 Å². The molecule has 0 radical (unpaired) electrons. The lowest BCUT2D eigenvalue weighted by Crippen LogP contribution is -1.93. The van der Waals surface area contributed by atoms with Gasteiger partial charge in [0.2, 0.25) is 0 Å². The van der Waals surface area contributed by atoms with E-state index in [-0.39, 0.29) is 4.83 Å². The van der Waals surface area contributed by atoms with Gasteiger partial charge in [-0.3, -0.25) is 0 Å². The van der Waals surface area contributed by atoms with Crippen molar-refractivity contribution in [2.75, 3.05) is 0 Å². The molecule has 0 amide bonds. The zero-order valence-electron chi connectivity index (χ0n) is 9.96. The molecule has 0 fully saturated rings. The molecule has 3 heteroatoms. The molecule has 0 N–H and O–H groups in total. The Morgan fingerprint density at radius 3 is 2.22 bits per heavy atom. The number of rotatable bonds is 3. The molecule has 0 saturated carbocycles. The molecule has 0 aliphatic heterocycles. The molecular formula is C15H13Br2Cl. The maximum Gasteiger partial charge on any atom is 0.0645 e. The van der Waals surface area contributed by atoms with E-state index in [9.17, 15) is 0 Å². The summed E-state index contributed by atoms with van der Waals surface area (Å²) in [5, 5.41) is 0.738. The summed E-state index contributed by atoms with van der Waals surface area (Å²) in [6.45, 7) is 2.16. The molecule has 1 unspecified atom stereocenters. The quantitative estimate of drug-likeness (QED) is 0.553. The van der Waals surface area contributed by atoms with Crippen molar-refractivity contribution in [2.45, 2.75) is 18.2 Å². The standard InChI is InChI=1S/C15H13Br2Cl/c1-2-10-3-5-11(6-4-10)15(17)12-7-8-13(16)14(18)9-12/h3-9,15H,2H2,1H3. The minimum absolute atomic E-state index is 0.175. The summed E-state index contributed by atoms with van der Waals surface area (Å²) in [6, 6.07) is 14.7. The van der Waals surface area contributed by atoms with E-state index >= 15 is 0 Å². The third-order valence-electron chi connectivity index (χ3n) is 2.92. The van der Waals surface area contributed by atoms with Gasteiger partial charge in [-0.2, -0.15) is 0 Å². The zero-order valence-corrected chi connectivity index (χ0v) is 13.9. The number of halogens is 3. The second kappa shape index (κ2) is 6.23. The highest BCUT2D eigenvalue weighted by Gasteiger charge is 2.11. The van der Waals surface area contributed by atoms with Crippen LogP contribution in [0, 0.1) is 0 Å². The summed E-state index contributed by atoms with van der Waals surface area (Å²) in [7, 11) is 0. The molecule has 0 saturated heterocycles. The fraction of sp³-hybridized carbons (Fsp3) is 0.200. The molecule has 0 nitrogen and oxygen atoms in total. The van der Waals surface area contributed by atoms with Crippen LogP contribution in [0.25, 0.3) is 0 Å². The van der Waals surface area contributed by atoms with E-state index in [0.717, 1.165) is 21.5 Å². The number of alkyl halides is 1. The van der Waals surface area contributed by atoms with Crippen LogP contribution in [-0.4, -0.2) is 0 Å². The Hall–Kier alpha value is -0.310. The number of hydrogen-bond acceptors (Lipinski definition) is 0. The molecule has 18 heavy (non-hydrogen) atoms. The Morgan fingerprint density at radius 2 is 1.67 bits per heavy atom. The molecular weight excluding hydrogens is 375 g/mol. The number of aryl methyl sites for hydroxylation is 1. The van der Waals surface area contributed by atoms with E-state index in [0.29, 0.717) is 0 Å². The summed E-state index contributed by atoms with van der Waals surface area (Å²) in [4.78, 5) is 0.175. The van der Waals surface area contributed by atoms with Crippen LogP contribution in [0.2, 0.25) is 5.02 Å². The zero-order chi connectivity index (χ0) is 13.1. The van der Waals surface area contributed by atoms with Crippen molar-refractivity contribution in [1.29, 1.82) is 0 Å². The van der Waals surface area contributed by atoms with Crippen molar-refractivity contribution in [3.05, 3.63) is 68.7 Å². The van der Waals surface area contributed by atoms with Gasteiger partial charge in [0.25, 0.3) is 0 Å². The van der Waals surface area contributed by atoms with Gasteiger partial charge in [0.05, 0.1) is 9.85 Å². The Kier molecular flexibility index (Phi) is 4.88. The largest absolute Gasteiger partial charge is 0.0831 e. The van der Waals surface area contributed by atoms with Gasteiger partial charge in [-0.1, -0.05) is 64.8 Å². The van der Waals surface area contributed by atoms with Crippen molar-refractivity contribution < 1.29 is 0 Å². The SMILES string of the molecule is CCc1ccc(C(Br)c2ccc(Br)c(Cl)c2)cc1. The van der Waals surface area contributed by atoms with E-state index in [4.69, 9.17) is 11.6 Å². The van der Waals surface area contributed by atoms with Gasteiger partial charge < -0.3 is 0 Å². The van der Waals surface area contributed by atoms with Crippen LogP contribution in [0.4, 0.5) is 0 Å². The smallest absolute Gasteiger partial charge is 0.0645 e. The van der Waals surface area contributed by atoms with Crippen LogP contribution in [0.3, 0.4) is 0 Å². The molecule has 0 heterocycles. The topological polar surface area (TPSA) is 0 Å². The van der Waals surface area contributed by atoms with E-state index in [1.807, 2.05) is 12.1 Å². The maximum atomic E-state index is 6.13. The second-order valence-electron chi connectivity index (χ2n) is 4.13. The van der Waals surface area contributed by atoms with Crippen LogP contribution in [0.5, 0.6) is 0 Å². The van der Waals surface area contributed by atoms with Gasteiger partial charge in [0.1, 0.15) is 0 Å². The molecule has 1 atom stereocenters. The second-order valence-corrected chi connectivity index (χ2v) is 6.31. The van der Waals surface area contributed by atoms with Gasteiger partial charge in [-0.25, -0.2) is 0 Å². The Morgan fingerprint density at radius 1 is 1.06 bits per heavy atom. The predicted octanol–water partition coefficient (Wildman–Crippen LogP) is 6.15. The lowest BCUT2D eigenvalue weighted by Gasteiger charge is -2.12. The number of benzene rings is 2. The first-order valence-electron chi connectivity index (χ1n) is 5.79. The van der Waals surface area contributed by atoms with Gasteiger partial charge in [-0.15, -0.1) is 0 Å². The van der Waals surface area contributed by atoms with Crippen molar-refractivity contribution >= 4 is 43.5 Å². The highest BCUT2D eigenvalue weighted by Crippen LogP contribution is 2.34. The highest BCUT2D eigenvalue weighted by molar-refractivity contribution is 9.10. The molecule has 94 valence electrons. The minimum Gasteiger partial charge on any atom is -0.0831 e. The Bertz CT molecular complexity index is 535. The summed E-state index contributed by atoms with van der Waals surface area (Å²) in [5.41, 5.74) is 3.75. The van der Waals surface area contributed by atoms with Gasteiger partial charge in [-0.05, 0) is 51.2 Å². The van der Waals surface area contributed by atoms with E-state index in [2.05, 4.69) is 69.1 Å². The Labute approximate surface area is 130 Å². The fourth-order valence-electron chi connectivity index (χ4n) is 1.78. The van der Waals surface area contributed by atoms with Crippen LogP contribution in [0.1, 0.15) is 28.4 Å². The predicted molar refractivity (Wildman–Crippen MR) is 85.7 cm³/mol. The van der Waals surface area contributed by atoms with Crippen molar-refractivity contribution in [3.8, 4) is 0 Å². The van der Waals surface area contributed by atoms with Gasteiger partial charge >= 0.3 is 0 Å². The molecule has 2 rings (SSSR count). The molecule has 2 aromatic rings. The average Bonchev–Trinajstić information content (AvgIpc) is 2.41. The van der Waals surface area contributed by atoms with Crippen LogP contribution >= 0.6 is 43.5 Å². The number of hydrogen-bond donors (Lipinski definition) is 0. The third kappa shape index (κ3) is 3.17. The first-order chi connectivity index (χ1) is 8.61. The van der Waals surface area contributed by atoms with E-state index < -0.39 is 0 Å². The van der Waals surface area contributed by atoms with Gasteiger partial charge in [0, 0.05) is 4.47 Å². The average molecular weight is 389 g/mol. The third-order valence-corrected chi connectivity index (χ3v) is 5.21. The first-order valence-corrected chi connectivity index (χ1v) is 7.88. The normalized spacial score (nSPS) is 12.4. The highest BCUT2D eigenvalue weighted by atomic mass is 79.9. The van der Waals surface area contributed by atoms with Gasteiger partial charge in [0.15, 0.2) is 0 Å². The fourth-order valence-corrected chi connectivity index (χ4v) is 2.81. The molecule has 0 spiro atoms. The molecule has 0 aliphatic carbocycles. The lowest BCUT2D eigenvalue weighted by atomic mass is 10.0. The Balaban J connectivity index is 2.28. The molecule has 0 aliphatic rings.